The van der Waals surface area contributed by atoms with Gasteiger partial charge in [0.15, 0.2) is 0 Å². The van der Waals surface area contributed by atoms with E-state index in [2.05, 4.69) is 15.5 Å². The van der Waals surface area contributed by atoms with Gasteiger partial charge < -0.3 is 10.4 Å². The van der Waals surface area contributed by atoms with Crippen molar-refractivity contribution in [3.63, 3.8) is 0 Å². The highest BCUT2D eigenvalue weighted by molar-refractivity contribution is 8.04. The van der Waals surface area contributed by atoms with Gasteiger partial charge >= 0.3 is 5.97 Å². The molecule has 0 unspecified atom stereocenters. The Labute approximate surface area is 151 Å². The summed E-state index contributed by atoms with van der Waals surface area (Å²) in [7, 11) is 0. The van der Waals surface area contributed by atoms with E-state index in [1.54, 1.807) is 30.3 Å². The lowest BCUT2D eigenvalue weighted by Crippen LogP contribution is -2.20. The highest BCUT2D eigenvalue weighted by atomic mass is 32.2. The maximum atomic E-state index is 12.6. The van der Waals surface area contributed by atoms with Gasteiger partial charge in [-0.25, -0.2) is 0 Å². The Kier molecular flexibility index (Phi) is 4.99. The Balaban J connectivity index is 1.84. The Hall–Kier alpha value is -3.20. The fraction of sp³-hybridized carbons (Fsp3) is 0.118. The molecule has 0 radical (unpaired) electrons. The number of nitrogens with one attached hydrogen (secondary N) is 2. The zero-order valence-electron chi connectivity index (χ0n) is 13.3. The lowest BCUT2D eigenvalue weighted by Gasteiger charge is -2.11. The molecule has 0 atom stereocenters. The van der Waals surface area contributed by atoms with E-state index < -0.39 is 23.4 Å². The smallest absolute Gasteiger partial charge is 0.304 e. The summed E-state index contributed by atoms with van der Waals surface area (Å²) >= 11 is 0.965. The second-order valence-electron chi connectivity index (χ2n) is 5.34. The Bertz CT molecular complexity index is 933. The van der Waals surface area contributed by atoms with E-state index in [1.165, 1.54) is 0 Å². The molecule has 26 heavy (non-hydrogen) atoms. The van der Waals surface area contributed by atoms with E-state index >= 15 is 0 Å². The molecule has 1 aliphatic rings. The molecule has 1 amide bonds. The van der Waals surface area contributed by atoms with E-state index in [0.717, 1.165) is 17.8 Å². The van der Waals surface area contributed by atoms with Crippen LogP contribution >= 0.6 is 11.8 Å². The topological polar surface area (TPSA) is 129 Å². The summed E-state index contributed by atoms with van der Waals surface area (Å²) in [6.45, 7) is 0. The number of anilines is 1. The van der Waals surface area contributed by atoms with Crippen LogP contribution in [0.15, 0.2) is 41.3 Å². The lowest BCUT2D eigenvalue weighted by molar-refractivity contribution is -0.136. The third-order valence-corrected chi connectivity index (χ3v) is 4.57. The minimum atomic E-state index is -1.00. The van der Waals surface area contributed by atoms with Gasteiger partial charge in [-0.15, -0.1) is 11.8 Å². The number of rotatable bonds is 6. The third kappa shape index (κ3) is 3.57. The molecule has 1 aliphatic carbocycles. The molecule has 1 heterocycles. The molecule has 8 nitrogen and oxygen atoms in total. The normalized spacial score (nSPS) is 13.2. The number of benzene rings is 1. The number of allylic oxidation sites excluding steroid dienone is 2. The number of aliphatic carboxylic acids is 1. The molecule has 2 aromatic rings. The van der Waals surface area contributed by atoms with Crippen LogP contribution in [0.25, 0.3) is 0 Å². The van der Waals surface area contributed by atoms with Crippen LogP contribution < -0.4 is 5.32 Å². The molecule has 0 fully saturated rings. The highest BCUT2D eigenvalue weighted by Gasteiger charge is 2.33. The summed E-state index contributed by atoms with van der Waals surface area (Å²) in [5, 5.41) is 17.6. The fourth-order valence-electron chi connectivity index (χ4n) is 2.35. The number of hydrogen-bond acceptors (Lipinski definition) is 6. The van der Waals surface area contributed by atoms with Crippen LogP contribution in [0.2, 0.25) is 0 Å². The van der Waals surface area contributed by atoms with Gasteiger partial charge in [0.25, 0.3) is 5.91 Å². The number of thioether (sulfide) groups is 1. The highest BCUT2D eigenvalue weighted by Crippen LogP contribution is 2.30. The predicted molar refractivity (Wildman–Crippen MR) is 94.4 cm³/mol. The Morgan fingerprint density at radius 2 is 1.92 bits per heavy atom. The van der Waals surface area contributed by atoms with Crippen LogP contribution in [0, 0.1) is 0 Å². The molecule has 3 rings (SSSR count). The van der Waals surface area contributed by atoms with Crippen molar-refractivity contribution in [3.05, 3.63) is 58.3 Å². The number of carbonyl (C=O) groups is 4. The average molecular weight is 371 g/mol. The quantitative estimate of drug-likeness (QED) is 0.709. The predicted octanol–water partition coefficient (Wildman–Crippen LogP) is 2.13. The summed E-state index contributed by atoms with van der Waals surface area (Å²) in [6, 6.07) is 8.64. The number of para-hydroxylation sites is 1. The van der Waals surface area contributed by atoms with Crippen molar-refractivity contribution < 1.29 is 24.3 Å². The van der Waals surface area contributed by atoms with Gasteiger partial charge in [-0.3, -0.25) is 24.3 Å². The second kappa shape index (κ2) is 7.36. The minimum absolute atomic E-state index is 0.0937. The molecule has 0 spiro atoms. The number of H-pyrrole nitrogens is 1. The first kappa shape index (κ1) is 17.6. The molecule has 0 saturated heterocycles. The largest absolute Gasteiger partial charge is 0.481 e. The summed E-state index contributed by atoms with van der Waals surface area (Å²) in [5.41, 5.74) is 0.216. The van der Waals surface area contributed by atoms with Crippen LogP contribution in [0.4, 0.5) is 5.69 Å². The van der Waals surface area contributed by atoms with Crippen molar-refractivity contribution in [2.45, 2.75) is 6.42 Å². The average Bonchev–Trinajstić information content (AvgIpc) is 3.06. The Morgan fingerprint density at radius 3 is 2.62 bits per heavy atom. The van der Waals surface area contributed by atoms with Crippen molar-refractivity contribution >= 4 is 40.9 Å². The van der Waals surface area contributed by atoms with Crippen LogP contribution in [-0.4, -0.2) is 44.5 Å². The van der Waals surface area contributed by atoms with Gasteiger partial charge in [-0.2, -0.15) is 5.10 Å². The number of ketones is 2. The van der Waals surface area contributed by atoms with Crippen molar-refractivity contribution in [2.75, 3.05) is 11.1 Å². The first-order valence-corrected chi connectivity index (χ1v) is 8.56. The van der Waals surface area contributed by atoms with Crippen molar-refractivity contribution in [2.24, 2.45) is 0 Å². The van der Waals surface area contributed by atoms with E-state index in [9.17, 15) is 19.2 Å². The van der Waals surface area contributed by atoms with E-state index in [1.807, 2.05) is 0 Å². The number of fused-ring (bicyclic) bond motifs is 1. The molecule has 3 N–H and O–H groups in total. The molecule has 0 saturated carbocycles. The van der Waals surface area contributed by atoms with Crippen LogP contribution in [0.3, 0.4) is 0 Å². The van der Waals surface area contributed by atoms with Crippen molar-refractivity contribution in [3.8, 4) is 0 Å². The zero-order chi connectivity index (χ0) is 18.7. The number of aromatic amines is 1. The first-order chi connectivity index (χ1) is 12.5. The number of carboxylic acid groups (broad SMARTS) is 1. The molecule has 0 aliphatic heterocycles. The van der Waals surface area contributed by atoms with E-state index in [0.29, 0.717) is 5.69 Å². The molecule has 9 heteroatoms. The number of amides is 1. The number of carbonyl (C=O) groups excluding carboxylic acids is 3. The van der Waals surface area contributed by atoms with Gasteiger partial charge in [0.1, 0.15) is 11.4 Å². The number of aromatic nitrogens is 2. The Morgan fingerprint density at radius 1 is 1.19 bits per heavy atom. The van der Waals surface area contributed by atoms with Gasteiger partial charge in [-0.1, -0.05) is 18.2 Å². The van der Waals surface area contributed by atoms with Crippen molar-refractivity contribution in [1.82, 2.24) is 10.2 Å². The zero-order valence-corrected chi connectivity index (χ0v) is 14.1. The monoisotopic (exact) mass is 371 g/mol. The van der Waals surface area contributed by atoms with Crippen LogP contribution in [0.5, 0.6) is 0 Å². The number of carboxylic acids is 1. The van der Waals surface area contributed by atoms with Gasteiger partial charge in [0.05, 0.1) is 16.9 Å². The number of Topliss-reactive ketones (excluding diaryl/α,β-unsaturated/α-hetero) is 1. The maximum Gasteiger partial charge on any atom is 0.304 e. The molecular formula is C17H13N3O5S. The lowest BCUT2D eigenvalue weighted by atomic mass is 9.99. The molecule has 0 bridgehead atoms. The first-order valence-electron chi connectivity index (χ1n) is 7.57. The van der Waals surface area contributed by atoms with Crippen molar-refractivity contribution in [1.29, 1.82) is 0 Å². The van der Waals surface area contributed by atoms with Crippen LogP contribution in [-0.2, 0) is 4.79 Å². The van der Waals surface area contributed by atoms with Gasteiger partial charge in [0, 0.05) is 17.5 Å². The summed E-state index contributed by atoms with van der Waals surface area (Å²) in [5.74, 6) is -2.49. The summed E-state index contributed by atoms with van der Waals surface area (Å²) in [4.78, 5) is 48.0. The summed E-state index contributed by atoms with van der Waals surface area (Å²) in [6.07, 6.45) is 0.972. The summed E-state index contributed by atoms with van der Waals surface area (Å²) < 4.78 is 0. The third-order valence-electron chi connectivity index (χ3n) is 3.54. The van der Waals surface area contributed by atoms with Gasteiger partial charge in [0.2, 0.25) is 11.6 Å². The number of hydrogen-bond donors (Lipinski definition) is 3. The van der Waals surface area contributed by atoms with Crippen LogP contribution in [0.1, 0.15) is 37.8 Å². The molecular weight excluding hydrogens is 358 g/mol. The standard InChI is InChI=1S/C17H13N3O5S/c21-10-8-11(26-7-6-12(22)23)16(24)13-14(10)19-20-15(13)17(25)18-9-4-2-1-3-5-9/h1-5,8H,6-7H2,(H,18,25)(H,19,20)(H,22,23). The second-order valence-corrected chi connectivity index (χ2v) is 6.47. The SMILES string of the molecule is O=C(O)CCSC1=CC(=O)c2n[nH]c(C(=O)Nc3ccccc3)c2C1=O. The molecule has 1 aromatic heterocycles. The number of nitrogens with zero attached hydrogens (tertiary/aromatic N) is 1. The maximum absolute atomic E-state index is 12.6. The van der Waals surface area contributed by atoms with E-state index in [4.69, 9.17) is 5.11 Å². The fourth-order valence-corrected chi connectivity index (χ4v) is 3.27. The molecule has 132 valence electrons. The van der Waals surface area contributed by atoms with Gasteiger partial charge in [-0.05, 0) is 12.1 Å². The van der Waals surface area contributed by atoms with E-state index in [-0.39, 0.29) is 34.0 Å². The molecule has 1 aromatic carbocycles. The minimum Gasteiger partial charge on any atom is -0.481 e.